The van der Waals surface area contributed by atoms with Crippen molar-refractivity contribution in [2.24, 2.45) is 0 Å². The number of hydrogen-bond donors (Lipinski definition) is 1. The Morgan fingerprint density at radius 3 is 2.59 bits per heavy atom. The molecule has 2 rings (SSSR count). The molecule has 88 valence electrons. The first-order valence-corrected chi connectivity index (χ1v) is 5.46. The number of aromatic nitrogens is 1. The third kappa shape index (κ3) is 1.98. The predicted molar refractivity (Wildman–Crippen MR) is 61.3 cm³/mol. The molecule has 1 aromatic heterocycles. The lowest BCUT2D eigenvalue weighted by Crippen LogP contribution is -2.02. The largest absolute Gasteiger partial charge is 0.477 e. The molecule has 0 unspecified atom stereocenters. The Bertz CT molecular complexity index is 648. The van der Waals surface area contributed by atoms with E-state index in [4.69, 9.17) is 16.7 Å². The maximum absolute atomic E-state index is 13.5. The van der Waals surface area contributed by atoms with E-state index in [-0.39, 0.29) is 20.4 Å². The lowest BCUT2D eigenvalue weighted by atomic mass is 10.2. The second kappa shape index (κ2) is 4.19. The first-order chi connectivity index (χ1) is 7.91. The normalized spacial score (nSPS) is 10.8. The molecule has 2 aromatic rings. The van der Waals surface area contributed by atoms with Crippen LogP contribution in [-0.2, 0) is 0 Å². The summed E-state index contributed by atoms with van der Waals surface area (Å²) in [4.78, 5) is 14.3. The molecular weight excluding hydrogens is 319 g/mol. The fourth-order valence-corrected chi connectivity index (χ4v) is 2.28. The summed E-state index contributed by atoms with van der Waals surface area (Å²) in [6.45, 7) is 0. The molecule has 3 nitrogen and oxygen atoms in total. The van der Waals surface area contributed by atoms with Gasteiger partial charge in [-0.05, 0) is 22.0 Å². The van der Waals surface area contributed by atoms with Gasteiger partial charge in [0.15, 0.2) is 11.5 Å². The second-order valence-electron chi connectivity index (χ2n) is 3.17. The van der Waals surface area contributed by atoms with Gasteiger partial charge in [0.1, 0.15) is 11.3 Å². The van der Waals surface area contributed by atoms with Gasteiger partial charge >= 0.3 is 5.97 Å². The van der Waals surface area contributed by atoms with E-state index in [9.17, 15) is 13.6 Å². The SMILES string of the molecule is O=C(O)c1cc(Cl)c2c(Br)c(F)cc(F)c2n1. The molecule has 0 saturated heterocycles. The van der Waals surface area contributed by atoms with Gasteiger partial charge in [0, 0.05) is 11.5 Å². The summed E-state index contributed by atoms with van der Waals surface area (Å²) < 4.78 is 26.7. The molecule has 0 fully saturated rings. The molecule has 0 aliphatic rings. The molecule has 1 aromatic carbocycles. The number of fused-ring (bicyclic) bond motifs is 1. The summed E-state index contributed by atoms with van der Waals surface area (Å²) in [5.74, 6) is -3.14. The smallest absolute Gasteiger partial charge is 0.354 e. The third-order valence-electron chi connectivity index (χ3n) is 2.10. The van der Waals surface area contributed by atoms with Gasteiger partial charge in [-0.1, -0.05) is 11.6 Å². The third-order valence-corrected chi connectivity index (χ3v) is 3.17. The average molecular weight is 322 g/mol. The molecule has 17 heavy (non-hydrogen) atoms. The van der Waals surface area contributed by atoms with Crippen LogP contribution in [0.1, 0.15) is 10.5 Å². The van der Waals surface area contributed by atoms with Gasteiger partial charge in [0.2, 0.25) is 0 Å². The van der Waals surface area contributed by atoms with E-state index >= 15 is 0 Å². The van der Waals surface area contributed by atoms with E-state index in [1.165, 1.54) is 0 Å². The van der Waals surface area contributed by atoms with Crippen molar-refractivity contribution in [3.05, 3.63) is 39.0 Å². The Hall–Kier alpha value is -1.27. The van der Waals surface area contributed by atoms with E-state index < -0.39 is 23.3 Å². The highest BCUT2D eigenvalue weighted by Crippen LogP contribution is 2.33. The van der Waals surface area contributed by atoms with Crippen LogP contribution in [0.4, 0.5) is 8.78 Å². The maximum Gasteiger partial charge on any atom is 0.354 e. The summed E-state index contributed by atoms with van der Waals surface area (Å²) in [5.41, 5.74) is -0.692. The molecule has 0 aliphatic carbocycles. The number of hydrogen-bond acceptors (Lipinski definition) is 2. The highest BCUT2D eigenvalue weighted by atomic mass is 79.9. The molecule has 1 N–H and O–H groups in total. The zero-order valence-electron chi connectivity index (χ0n) is 7.97. The quantitative estimate of drug-likeness (QED) is 0.816. The van der Waals surface area contributed by atoms with E-state index in [1.807, 2.05) is 0 Å². The summed E-state index contributed by atoms with van der Waals surface area (Å²) in [6, 6.07) is 1.65. The maximum atomic E-state index is 13.5. The molecule has 0 amide bonds. The van der Waals surface area contributed by atoms with Crippen molar-refractivity contribution in [1.29, 1.82) is 0 Å². The van der Waals surface area contributed by atoms with Crippen LogP contribution in [0.25, 0.3) is 10.9 Å². The van der Waals surface area contributed by atoms with Crippen molar-refractivity contribution in [1.82, 2.24) is 4.98 Å². The molecule has 1 heterocycles. The lowest BCUT2D eigenvalue weighted by Gasteiger charge is -2.06. The minimum Gasteiger partial charge on any atom is -0.477 e. The Labute approximate surface area is 107 Å². The zero-order valence-corrected chi connectivity index (χ0v) is 10.3. The molecule has 0 bridgehead atoms. The predicted octanol–water partition coefficient (Wildman–Crippen LogP) is 3.63. The Morgan fingerprint density at radius 1 is 1.35 bits per heavy atom. The fraction of sp³-hybridized carbons (Fsp3) is 0. The van der Waals surface area contributed by atoms with Gasteiger partial charge in [-0.15, -0.1) is 0 Å². The minimum atomic E-state index is -1.34. The van der Waals surface area contributed by atoms with Crippen LogP contribution in [-0.4, -0.2) is 16.1 Å². The van der Waals surface area contributed by atoms with Crippen LogP contribution in [0.15, 0.2) is 16.6 Å². The van der Waals surface area contributed by atoms with Crippen molar-refractivity contribution in [2.75, 3.05) is 0 Å². The number of pyridine rings is 1. The topological polar surface area (TPSA) is 50.2 Å². The standard InChI is InChI=1S/C10H3BrClF2NO2/c11-8-4(13)2-5(14)9-7(8)3(12)1-6(15-9)10(16)17/h1-2H,(H,16,17). The number of benzene rings is 1. The van der Waals surface area contributed by atoms with Crippen LogP contribution in [0.2, 0.25) is 5.02 Å². The first kappa shape index (κ1) is 12.2. The summed E-state index contributed by atoms with van der Waals surface area (Å²) in [6.07, 6.45) is 0. The highest BCUT2D eigenvalue weighted by molar-refractivity contribution is 9.10. The van der Waals surface area contributed by atoms with Gasteiger partial charge in [0.05, 0.1) is 9.50 Å². The summed E-state index contributed by atoms with van der Waals surface area (Å²) in [7, 11) is 0. The highest BCUT2D eigenvalue weighted by Gasteiger charge is 2.17. The summed E-state index contributed by atoms with van der Waals surface area (Å²) >= 11 is 8.70. The van der Waals surface area contributed by atoms with E-state index in [1.54, 1.807) is 0 Å². The van der Waals surface area contributed by atoms with Crippen LogP contribution >= 0.6 is 27.5 Å². The van der Waals surface area contributed by atoms with Crippen LogP contribution < -0.4 is 0 Å². The second-order valence-corrected chi connectivity index (χ2v) is 4.37. The average Bonchev–Trinajstić information content (AvgIpc) is 2.25. The molecule has 0 aliphatic heterocycles. The molecule has 0 atom stereocenters. The number of carboxylic acids is 1. The zero-order chi connectivity index (χ0) is 12.7. The number of nitrogens with zero attached hydrogens (tertiary/aromatic N) is 1. The van der Waals surface area contributed by atoms with Crippen molar-refractivity contribution in [2.45, 2.75) is 0 Å². The van der Waals surface area contributed by atoms with Gasteiger partial charge in [0.25, 0.3) is 0 Å². The number of carboxylic acid groups (broad SMARTS) is 1. The van der Waals surface area contributed by atoms with Crippen LogP contribution in [0.3, 0.4) is 0 Å². The number of aromatic carboxylic acids is 1. The Kier molecular flexibility index (Phi) is 3.01. The monoisotopic (exact) mass is 321 g/mol. The Balaban J connectivity index is 2.95. The Morgan fingerprint density at radius 2 is 2.00 bits per heavy atom. The van der Waals surface area contributed by atoms with Gasteiger partial charge in [-0.25, -0.2) is 18.6 Å². The van der Waals surface area contributed by atoms with Crippen molar-refractivity contribution in [3.63, 3.8) is 0 Å². The van der Waals surface area contributed by atoms with Gasteiger partial charge < -0.3 is 5.11 Å². The number of halogens is 4. The minimum absolute atomic E-state index is 0.00849. The molecule has 7 heteroatoms. The number of rotatable bonds is 1. The van der Waals surface area contributed by atoms with Crippen molar-refractivity contribution >= 4 is 44.4 Å². The van der Waals surface area contributed by atoms with Crippen LogP contribution in [0, 0.1) is 11.6 Å². The molecule has 0 spiro atoms. The molecule has 0 radical (unpaired) electrons. The lowest BCUT2D eigenvalue weighted by molar-refractivity contribution is 0.0691. The van der Waals surface area contributed by atoms with E-state index in [0.29, 0.717) is 6.07 Å². The molecular formula is C10H3BrClF2NO2. The molecule has 0 saturated carbocycles. The van der Waals surface area contributed by atoms with Gasteiger partial charge in [-0.3, -0.25) is 0 Å². The van der Waals surface area contributed by atoms with Crippen molar-refractivity contribution in [3.8, 4) is 0 Å². The van der Waals surface area contributed by atoms with E-state index in [0.717, 1.165) is 6.07 Å². The first-order valence-electron chi connectivity index (χ1n) is 4.29. The summed E-state index contributed by atoms with van der Waals surface area (Å²) in [5, 5.41) is 8.68. The number of carbonyl (C=O) groups is 1. The van der Waals surface area contributed by atoms with Crippen molar-refractivity contribution < 1.29 is 18.7 Å². The van der Waals surface area contributed by atoms with E-state index in [2.05, 4.69) is 20.9 Å². The van der Waals surface area contributed by atoms with Gasteiger partial charge in [-0.2, -0.15) is 0 Å². The van der Waals surface area contributed by atoms with Crippen LogP contribution in [0.5, 0.6) is 0 Å². The fourth-order valence-electron chi connectivity index (χ4n) is 1.37.